The molecule has 0 spiro atoms. The molecule has 2 aromatic rings. The third-order valence-corrected chi connectivity index (χ3v) is 7.27. The molecule has 1 aromatic carbocycles. The third-order valence-electron chi connectivity index (χ3n) is 6.93. The second kappa shape index (κ2) is 12.3. The molecule has 0 atom stereocenters. The average molecular weight is 542 g/mol. The van der Waals surface area contributed by atoms with Crippen LogP contribution in [-0.4, -0.2) is 77.1 Å². The predicted octanol–water partition coefficient (Wildman–Crippen LogP) is 4.81. The summed E-state index contributed by atoms with van der Waals surface area (Å²) in [7, 11) is 1.67. The maximum atomic E-state index is 13.4. The molecule has 1 N–H and O–H groups in total. The molecule has 9 heteroatoms. The number of fused-ring (bicyclic) bond motifs is 1. The van der Waals surface area contributed by atoms with Gasteiger partial charge in [0.15, 0.2) is 0 Å². The Morgan fingerprint density at radius 3 is 2.68 bits per heavy atom. The van der Waals surface area contributed by atoms with Crippen molar-refractivity contribution in [1.82, 2.24) is 19.7 Å². The highest BCUT2D eigenvalue weighted by Gasteiger charge is 2.27. The van der Waals surface area contributed by atoms with Gasteiger partial charge in [-0.1, -0.05) is 23.7 Å². The van der Waals surface area contributed by atoms with Crippen LogP contribution in [0.15, 0.2) is 36.5 Å². The number of hydrogen-bond acceptors (Lipinski definition) is 6. The summed E-state index contributed by atoms with van der Waals surface area (Å²) in [6, 6.07) is 9.84. The van der Waals surface area contributed by atoms with E-state index in [4.69, 9.17) is 16.3 Å². The first-order valence-corrected chi connectivity index (χ1v) is 13.8. The zero-order valence-electron chi connectivity index (χ0n) is 23.0. The van der Waals surface area contributed by atoms with Crippen LogP contribution in [0.5, 0.6) is 0 Å². The lowest BCUT2D eigenvalue weighted by Crippen LogP contribution is -2.43. The lowest BCUT2D eigenvalue weighted by Gasteiger charge is -2.30. The van der Waals surface area contributed by atoms with E-state index in [1.165, 1.54) is 35.4 Å². The lowest BCUT2D eigenvalue weighted by molar-refractivity contribution is -0.130. The van der Waals surface area contributed by atoms with Crippen LogP contribution in [0.4, 0.5) is 10.5 Å². The molecule has 1 saturated carbocycles. The topological polar surface area (TPSA) is 78.0 Å². The molecule has 2 aliphatic rings. The van der Waals surface area contributed by atoms with E-state index in [-0.39, 0.29) is 19.0 Å². The number of benzene rings is 1. The maximum absolute atomic E-state index is 13.4. The molecule has 38 heavy (non-hydrogen) atoms. The Bertz CT molecular complexity index is 1130. The highest BCUT2D eigenvalue weighted by atomic mass is 35.5. The van der Waals surface area contributed by atoms with Gasteiger partial charge in [-0.25, -0.2) is 4.79 Å². The molecule has 4 rings (SSSR count). The highest BCUT2D eigenvalue weighted by Crippen LogP contribution is 2.33. The molecule has 2 heterocycles. The first kappa shape index (κ1) is 28.2. The van der Waals surface area contributed by atoms with Crippen LogP contribution in [0.1, 0.15) is 50.4 Å². The molecule has 0 radical (unpaired) electrons. The Kier molecular flexibility index (Phi) is 9.15. The van der Waals surface area contributed by atoms with Crippen LogP contribution in [0.3, 0.4) is 0 Å². The normalized spacial score (nSPS) is 15.5. The number of halogens is 1. The number of carbonyl (C=O) groups excluding carboxylic acids is 2. The maximum Gasteiger partial charge on any atom is 0.410 e. The Morgan fingerprint density at radius 1 is 1.18 bits per heavy atom. The van der Waals surface area contributed by atoms with Crippen LogP contribution in [0.2, 0.25) is 5.02 Å². The Morgan fingerprint density at radius 2 is 1.97 bits per heavy atom. The van der Waals surface area contributed by atoms with E-state index in [9.17, 15) is 9.59 Å². The van der Waals surface area contributed by atoms with E-state index in [0.717, 1.165) is 31.1 Å². The van der Waals surface area contributed by atoms with Gasteiger partial charge in [-0.3, -0.25) is 14.7 Å². The van der Waals surface area contributed by atoms with Gasteiger partial charge in [0.05, 0.1) is 23.8 Å². The van der Waals surface area contributed by atoms with Crippen molar-refractivity contribution in [3.05, 3.63) is 58.4 Å². The summed E-state index contributed by atoms with van der Waals surface area (Å²) in [6.07, 6.45) is 4.94. The average Bonchev–Trinajstić information content (AvgIpc) is 3.68. The van der Waals surface area contributed by atoms with Crippen LogP contribution < -0.4 is 5.32 Å². The molecule has 0 bridgehead atoms. The standard InChI is InChI=1S/C29H40ClN5O3/c1-29(2,3)38-28(37)33(4)15-16-35(20-26-24(30)8-6-13-31-26)27(36)17-32-25-9-5-7-22-19-34(14-12-23(22)25)18-21-10-11-21/h5-9,13,21,32H,10-12,14-20H2,1-4H3. The fraction of sp³-hybridized carbons (Fsp3) is 0.552. The molecule has 1 aliphatic heterocycles. The zero-order valence-corrected chi connectivity index (χ0v) is 23.8. The molecule has 0 unspecified atom stereocenters. The number of ether oxygens (including phenoxy) is 1. The van der Waals surface area contributed by atoms with E-state index < -0.39 is 11.7 Å². The first-order chi connectivity index (χ1) is 18.1. The van der Waals surface area contributed by atoms with Crippen molar-refractivity contribution >= 4 is 29.3 Å². The van der Waals surface area contributed by atoms with Crippen LogP contribution in [-0.2, 0) is 29.0 Å². The van der Waals surface area contributed by atoms with Gasteiger partial charge in [-0.2, -0.15) is 0 Å². The molecular formula is C29H40ClN5O3. The molecular weight excluding hydrogens is 502 g/mol. The fourth-order valence-electron chi connectivity index (χ4n) is 4.65. The minimum absolute atomic E-state index is 0.0897. The summed E-state index contributed by atoms with van der Waals surface area (Å²) in [5, 5.41) is 3.90. The number of nitrogens with zero attached hydrogens (tertiary/aromatic N) is 4. The van der Waals surface area contributed by atoms with Crippen molar-refractivity contribution in [2.24, 2.45) is 5.92 Å². The van der Waals surface area contributed by atoms with Gasteiger partial charge in [-0.05, 0) is 75.3 Å². The molecule has 1 fully saturated rings. The van der Waals surface area contributed by atoms with Crippen molar-refractivity contribution in [3.8, 4) is 0 Å². The number of hydrogen-bond donors (Lipinski definition) is 1. The van der Waals surface area contributed by atoms with Crippen molar-refractivity contribution < 1.29 is 14.3 Å². The molecule has 206 valence electrons. The van der Waals surface area contributed by atoms with Gasteiger partial charge in [-0.15, -0.1) is 0 Å². The van der Waals surface area contributed by atoms with E-state index in [1.54, 1.807) is 30.3 Å². The van der Waals surface area contributed by atoms with Crippen molar-refractivity contribution in [3.63, 3.8) is 0 Å². The van der Waals surface area contributed by atoms with Crippen LogP contribution in [0.25, 0.3) is 0 Å². The monoisotopic (exact) mass is 541 g/mol. The van der Waals surface area contributed by atoms with Gasteiger partial charge >= 0.3 is 6.09 Å². The van der Waals surface area contributed by atoms with Crippen LogP contribution >= 0.6 is 11.6 Å². The Labute approximate surface area is 231 Å². The van der Waals surface area contributed by atoms with Gasteiger partial charge in [0, 0.05) is 51.7 Å². The fourth-order valence-corrected chi connectivity index (χ4v) is 4.83. The molecule has 1 aromatic heterocycles. The summed E-state index contributed by atoms with van der Waals surface area (Å²) in [6.45, 7) is 9.75. The first-order valence-electron chi connectivity index (χ1n) is 13.5. The van der Waals surface area contributed by atoms with Crippen molar-refractivity contribution in [1.29, 1.82) is 0 Å². The van der Waals surface area contributed by atoms with E-state index >= 15 is 0 Å². The summed E-state index contributed by atoms with van der Waals surface area (Å²) in [4.78, 5) is 36.0. The molecule has 2 amide bonds. The Balaban J connectivity index is 1.40. The van der Waals surface area contributed by atoms with E-state index in [2.05, 4.69) is 33.4 Å². The van der Waals surface area contributed by atoms with Crippen LogP contribution in [0, 0.1) is 5.92 Å². The molecule has 8 nitrogen and oxygen atoms in total. The minimum atomic E-state index is -0.587. The summed E-state index contributed by atoms with van der Waals surface area (Å²) < 4.78 is 5.45. The quantitative estimate of drug-likeness (QED) is 0.465. The lowest BCUT2D eigenvalue weighted by atomic mass is 9.97. The van der Waals surface area contributed by atoms with Gasteiger partial charge < -0.3 is 19.9 Å². The summed E-state index contributed by atoms with van der Waals surface area (Å²) >= 11 is 6.35. The van der Waals surface area contributed by atoms with Gasteiger partial charge in [0.25, 0.3) is 0 Å². The number of amides is 2. The summed E-state index contributed by atoms with van der Waals surface area (Å²) in [5.74, 6) is 0.788. The third kappa shape index (κ3) is 8.08. The van der Waals surface area contributed by atoms with E-state index in [1.807, 2.05) is 20.8 Å². The van der Waals surface area contributed by atoms with E-state index in [0.29, 0.717) is 23.8 Å². The number of likely N-dealkylation sites (N-methyl/N-ethyl adjacent to an activating group) is 1. The number of anilines is 1. The SMILES string of the molecule is CN(CCN(Cc1ncccc1Cl)C(=O)CNc1cccc2c1CCN(CC1CC1)C2)C(=O)OC(C)(C)C. The number of rotatable bonds is 10. The molecule has 0 saturated heterocycles. The smallest absolute Gasteiger partial charge is 0.410 e. The highest BCUT2D eigenvalue weighted by molar-refractivity contribution is 6.31. The minimum Gasteiger partial charge on any atom is -0.444 e. The number of carbonyl (C=O) groups is 2. The van der Waals surface area contributed by atoms with Crippen molar-refractivity contribution in [2.75, 3.05) is 45.1 Å². The second-order valence-electron chi connectivity index (χ2n) is 11.4. The number of pyridine rings is 1. The van der Waals surface area contributed by atoms with Crippen molar-refractivity contribution in [2.45, 2.75) is 58.7 Å². The number of aromatic nitrogens is 1. The Hall–Kier alpha value is -2.84. The van der Waals surface area contributed by atoms with Gasteiger partial charge in [0.1, 0.15) is 5.60 Å². The number of nitrogens with one attached hydrogen (secondary N) is 1. The largest absolute Gasteiger partial charge is 0.444 e. The zero-order chi connectivity index (χ0) is 27.3. The molecule has 1 aliphatic carbocycles. The summed E-state index contributed by atoms with van der Waals surface area (Å²) in [5.41, 5.74) is 3.69. The second-order valence-corrected chi connectivity index (χ2v) is 11.8. The van der Waals surface area contributed by atoms with Gasteiger partial charge in [0.2, 0.25) is 5.91 Å². The predicted molar refractivity (Wildman–Crippen MR) is 150 cm³/mol.